The highest BCUT2D eigenvalue weighted by Crippen LogP contribution is 2.55. The second-order valence-electron chi connectivity index (χ2n) is 11.4. The second-order valence-corrected chi connectivity index (χ2v) is 11.4. The van der Waals surface area contributed by atoms with Crippen molar-refractivity contribution in [2.24, 2.45) is 11.3 Å². The lowest BCUT2D eigenvalue weighted by molar-refractivity contribution is -0.197. The molecule has 5 nitrogen and oxygen atoms in total. The molecule has 2 aromatic rings. The monoisotopic (exact) mass is 540 g/mol. The number of hydrogen-bond acceptors (Lipinski definition) is 4. The maximum absolute atomic E-state index is 13.7. The van der Waals surface area contributed by atoms with Crippen LogP contribution in [0.25, 0.3) is 6.08 Å². The summed E-state index contributed by atoms with van der Waals surface area (Å²) in [6.07, 6.45) is -0.256. The molecule has 0 bridgehead atoms. The lowest BCUT2D eigenvalue weighted by Gasteiger charge is -2.61. The standard InChI is InChI=1S/C31H35F3N2O3/c1-4-22(13-21-8-6-5-7-9-21)26-14-27(26)36(29(38)31(32,33)34)25-15-30(16-25)18-35(19-30)17-24-11-10-23(12-20(24)2)28(37)39-3/h5-13,25-27H,4,14-19H2,1-3H3/b22-13+/t26-,27+/m0/s1. The van der Waals surface area contributed by atoms with E-state index >= 15 is 0 Å². The van der Waals surface area contributed by atoms with Crippen LogP contribution in [0.3, 0.4) is 0 Å². The number of aryl methyl sites for hydroxylation is 1. The summed E-state index contributed by atoms with van der Waals surface area (Å²) in [5.41, 5.74) is 4.73. The van der Waals surface area contributed by atoms with Crippen molar-refractivity contribution >= 4 is 18.0 Å². The van der Waals surface area contributed by atoms with Crippen LogP contribution >= 0.6 is 0 Å². The average molecular weight is 541 g/mol. The lowest BCUT2D eigenvalue weighted by atomic mass is 9.60. The number of hydrogen-bond donors (Lipinski definition) is 0. The summed E-state index contributed by atoms with van der Waals surface area (Å²) in [5, 5.41) is 0. The van der Waals surface area contributed by atoms with Gasteiger partial charge in [0, 0.05) is 37.6 Å². The number of rotatable bonds is 8. The van der Waals surface area contributed by atoms with Crippen molar-refractivity contribution in [3.05, 3.63) is 76.4 Å². The molecule has 8 heteroatoms. The molecule has 2 saturated carbocycles. The van der Waals surface area contributed by atoms with Gasteiger partial charge in [-0.1, -0.05) is 55.0 Å². The number of amides is 1. The summed E-state index contributed by atoms with van der Waals surface area (Å²) in [5.74, 6) is -2.08. The zero-order valence-corrected chi connectivity index (χ0v) is 22.6. The van der Waals surface area contributed by atoms with Gasteiger partial charge in [0.15, 0.2) is 0 Å². The topological polar surface area (TPSA) is 49.9 Å². The van der Waals surface area contributed by atoms with Gasteiger partial charge < -0.3 is 9.64 Å². The molecular formula is C31H35F3N2O3. The van der Waals surface area contributed by atoms with Crippen molar-refractivity contribution in [3.63, 3.8) is 0 Å². The molecule has 0 aromatic heterocycles. The summed E-state index contributed by atoms with van der Waals surface area (Å²) in [7, 11) is 1.36. The van der Waals surface area contributed by atoms with E-state index < -0.39 is 12.1 Å². The Bertz CT molecular complexity index is 1260. The van der Waals surface area contributed by atoms with E-state index in [1.165, 1.54) is 12.0 Å². The molecule has 0 N–H and O–H groups in total. The number of methoxy groups -OCH3 is 1. The molecule has 1 spiro atoms. The van der Waals surface area contributed by atoms with Crippen LogP contribution in [0.1, 0.15) is 59.7 Å². The van der Waals surface area contributed by atoms with Gasteiger partial charge >= 0.3 is 18.1 Å². The minimum atomic E-state index is -4.87. The third-order valence-corrected chi connectivity index (χ3v) is 8.63. The zero-order chi connectivity index (χ0) is 27.9. The Morgan fingerprint density at radius 1 is 1.13 bits per heavy atom. The number of alkyl halides is 3. The Labute approximate surface area is 227 Å². The van der Waals surface area contributed by atoms with Crippen LogP contribution < -0.4 is 0 Å². The van der Waals surface area contributed by atoms with Crippen LogP contribution in [0.5, 0.6) is 0 Å². The van der Waals surface area contributed by atoms with E-state index in [0.717, 1.165) is 48.3 Å². The molecule has 3 fully saturated rings. The molecule has 39 heavy (non-hydrogen) atoms. The first-order valence-electron chi connectivity index (χ1n) is 13.6. The molecule has 2 aromatic carbocycles. The Morgan fingerprint density at radius 2 is 1.82 bits per heavy atom. The van der Waals surface area contributed by atoms with Crippen molar-refractivity contribution in [1.29, 1.82) is 0 Å². The first-order valence-corrected chi connectivity index (χ1v) is 13.6. The number of benzene rings is 2. The van der Waals surface area contributed by atoms with E-state index in [1.807, 2.05) is 56.3 Å². The molecule has 3 aliphatic rings. The van der Waals surface area contributed by atoms with E-state index in [1.54, 1.807) is 6.07 Å². The number of nitrogens with zero attached hydrogens (tertiary/aromatic N) is 2. The molecule has 1 aliphatic heterocycles. The summed E-state index contributed by atoms with van der Waals surface area (Å²) in [6.45, 7) is 6.31. The average Bonchev–Trinajstić information content (AvgIpc) is 3.65. The third-order valence-electron chi connectivity index (χ3n) is 8.63. The van der Waals surface area contributed by atoms with Gasteiger partial charge in [0.2, 0.25) is 0 Å². The second kappa shape index (κ2) is 10.5. The maximum Gasteiger partial charge on any atom is 0.471 e. The summed E-state index contributed by atoms with van der Waals surface area (Å²) < 4.78 is 45.7. The summed E-state index contributed by atoms with van der Waals surface area (Å²) in [4.78, 5) is 27.8. The fourth-order valence-corrected chi connectivity index (χ4v) is 6.62. The largest absolute Gasteiger partial charge is 0.471 e. The first kappa shape index (κ1) is 27.4. The van der Waals surface area contributed by atoms with Crippen LogP contribution in [-0.2, 0) is 16.1 Å². The van der Waals surface area contributed by atoms with Crippen molar-refractivity contribution in [3.8, 4) is 0 Å². The van der Waals surface area contributed by atoms with Gasteiger partial charge in [-0.05, 0) is 66.8 Å². The molecule has 2 atom stereocenters. The number of halogens is 3. The summed E-state index contributed by atoms with van der Waals surface area (Å²) in [6, 6.07) is 14.5. The Morgan fingerprint density at radius 3 is 2.41 bits per heavy atom. The molecule has 0 unspecified atom stereocenters. The van der Waals surface area contributed by atoms with Crippen LogP contribution in [0, 0.1) is 18.3 Å². The third kappa shape index (κ3) is 5.62. The van der Waals surface area contributed by atoms with E-state index in [-0.39, 0.29) is 29.4 Å². The van der Waals surface area contributed by atoms with Crippen molar-refractivity contribution in [1.82, 2.24) is 9.80 Å². The van der Waals surface area contributed by atoms with E-state index in [9.17, 15) is 22.8 Å². The van der Waals surface area contributed by atoms with Crippen LogP contribution in [0.15, 0.2) is 54.1 Å². The smallest absolute Gasteiger partial charge is 0.465 e. The number of ether oxygens (including phenoxy) is 1. The minimum Gasteiger partial charge on any atom is -0.465 e. The fourth-order valence-electron chi connectivity index (χ4n) is 6.62. The fraction of sp³-hybridized carbons (Fsp3) is 0.484. The van der Waals surface area contributed by atoms with Gasteiger partial charge in [-0.25, -0.2) is 4.79 Å². The molecule has 1 heterocycles. The lowest BCUT2D eigenvalue weighted by Crippen LogP contribution is -2.67. The minimum absolute atomic E-state index is 0.0213. The molecular weight excluding hydrogens is 505 g/mol. The van der Waals surface area contributed by atoms with Gasteiger partial charge in [0.05, 0.1) is 12.7 Å². The predicted octanol–water partition coefficient (Wildman–Crippen LogP) is 6.02. The molecule has 5 rings (SSSR count). The van der Waals surface area contributed by atoms with Crippen molar-refractivity contribution < 1.29 is 27.5 Å². The number of likely N-dealkylation sites (tertiary alicyclic amines) is 1. The van der Waals surface area contributed by atoms with Crippen LogP contribution in [0.2, 0.25) is 0 Å². The normalized spacial score (nSPS) is 22.7. The van der Waals surface area contributed by atoms with Gasteiger partial charge in [-0.2, -0.15) is 13.2 Å². The van der Waals surface area contributed by atoms with Crippen LogP contribution in [-0.4, -0.2) is 60.1 Å². The SMILES string of the molecule is CC/C(=C\c1ccccc1)[C@@H]1C[C@H]1N(C(=O)C(F)(F)F)C1CC2(C1)CN(Cc1ccc(C(=O)OC)cc1C)C2. The van der Waals surface area contributed by atoms with Gasteiger partial charge in [0.1, 0.15) is 0 Å². The molecule has 1 saturated heterocycles. The maximum atomic E-state index is 13.7. The molecule has 2 aliphatic carbocycles. The number of carbonyl (C=O) groups excluding carboxylic acids is 2. The zero-order valence-electron chi connectivity index (χ0n) is 22.6. The highest BCUT2D eigenvalue weighted by atomic mass is 19.4. The summed E-state index contributed by atoms with van der Waals surface area (Å²) >= 11 is 0. The number of carbonyl (C=O) groups is 2. The van der Waals surface area contributed by atoms with Crippen molar-refractivity contribution in [2.75, 3.05) is 20.2 Å². The van der Waals surface area contributed by atoms with E-state index in [2.05, 4.69) is 11.0 Å². The van der Waals surface area contributed by atoms with Gasteiger partial charge in [-0.15, -0.1) is 0 Å². The Hall–Kier alpha value is -3.13. The Kier molecular flexibility index (Phi) is 7.35. The first-order chi connectivity index (χ1) is 18.5. The van der Waals surface area contributed by atoms with Gasteiger partial charge in [0.25, 0.3) is 0 Å². The van der Waals surface area contributed by atoms with Crippen molar-refractivity contribution in [2.45, 2.75) is 64.3 Å². The van der Waals surface area contributed by atoms with E-state index in [4.69, 9.17) is 4.74 Å². The predicted molar refractivity (Wildman–Crippen MR) is 143 cm³/mol. The highest BCUT2D eigenvalue weighted by Gasteiger charge is 2.61. The molecule has 208 valence electrons. The van der Waals surface area contributed by atoms with Crippen LogP contribution in [0.4, 0.5) is 13.2 Å². The molecule has 0 radical (unpaired) electrons. The van der Waals surface area contributed by atoms with E-state index in [0.29, 0.717) is 24.8 Å². The number of esters is 1. The highest BCUT2D eigenvalue weighted by molar-refractivity contribution is 5.89. The quantitative estimate of drug-likeness (QED) is 0.385. The molecule has 1 amide bonds. The Balaban J connectivity index is 1.21. The van der Waals surface area contributed by atoms with Gasteiger partial charge in [-0.3, -0.25) is 9.69 Å².